The van der Waals surface area contributed by atoms with Crippen molar-refractivity contribution in [2.24, 2.45) is 4.99 Å². The number of hydrogen-bond donors (Lipinski definition) is 0. The highest BCUT2D eigenvalue weighted by atomic mass is 31.2. The van der Waals surface area contributed by atoms with Crippen LogP contribution in [0.2, 0.25) is 0 Å². The van der Waals surface area contributed by atoms with Gasteiger partial charge in [0.1, 0.15) is 11.5 Å². The topological polar surface area (TPSA) is 22.1 Å². The fraction of sp³-hybridized carbons (Fsp3) is 0.929. The van der Waals surface area contributed by atoms with E-state index in [0.717, 1.165) is 0 Å². The fourth-order valence-electron chi connectivity index (χ4n) is 2.92. The van der Waals surface area contributed by atoms with E-state index in [9.17, 15) is 0 Å². The Morgan fingerprint density at radius 1 is 0.789 bits per heavy atom. The molecule has 0 aliphatic carbocycles. The van der Waals surface area contributed by atoms with E-state index in [2.05, 4.69) is 95.8 Å². The van der Waals surface area contributed by atoms with E-state index in [1.54, 1.807) is 0 Å². The molecular weight excluding hydrogens is 255 g/mol. The largest absolute Gasteiger partial charge is 0.266 e. The van der Waals surface area contributed by atoms with Gasteiger partial charge in [0.2, 0.25) is 0 Å². The van der Waals surface area contributed by atoms with E-state index in [1.807, 2.05) is 6.34 Å². The lowest BCUT2D eigenvalue weighted by atomic mass is 10.1. The number of aliphatic imine (C=N–C) groups is 1. The Labute approximate surface area is 121 Å². The van der Waals surface area contributed by atoms with Gasteiger partial charge in [0.05, 0.1) is 5.54 Å². The van der Waals surface area contributed by atoms with Crippen LogP contribution >= 0.6 is 7.71 Å². The van der Waals surface area contributed by atoms with E-state index in [4.69, 9.17) is 0 Å². The molecule has 5 heteroatoms. The molecule has 0 aromatic rings. The molecule has 0 amide bonds. The average Bonchev–Trinajstić information content (AvgIpc) is 2.10. The van der Waals surface area contributed by atoms with Gasteiger partial charge < -0.3 is 0 Å². The summed E-state index contributed by atoms with van der Waals surface area (Å²) in [5, 5.41) is 0.151. The third-order valence-electron chi connectivity index (χ3n) is 3.07. The third-order valence-corrected chi connectivity index (χ3v) is 8.08. The molecule has 0 aliphatic rings. The molecular formula is C14H34N4P+. The Kier molecular flexibility index (Phi) is 6.01. The van der Waals surface area contributed by atoms with Crippen molar-refractivity contribution in [3.63, 3.8) is 0 Å². The van der Waals surface area contributed by atoms with Crippen molar-refractivity contribution in [1.29, 1.82) is 0 Å². The standard InChI is InChI=1S/C14H34N4P/c1-13(2,3)15-12-18(11)19(16(7)8,17(9)10)14(4,5)6/h12H,1-11H3/q+1. The van der Waals surface area contributed by atoms with Gasteiger partial charge in [0.15, 0.2) is 0 Å². The molecule has 0 bridgehead atoms. The summed E-state index contributed by atoms with van der Waals surface area (Å²) in [7, 11) is 9.17. The molecule has 114 valence electrons. The maximum absolute atomic E-state index is 4.68. The third kappa shape index (κ3) is 4.14. The van der Waals surface area contributed by atoms with Crippen LogP contribution in [0.4, 0.5) is 0 Å². The Hall–Kier alpha value is -0.180. The van der Waals surface area contributed by atoms with Crippen LogP contribution in [-0.4, -0.2) is 66.3 Å². The van der Waals surface area contributed by atoms with Crippen LogP contribution in [0.25, 0.3) is 0 Å². The molecule has 0 radical (unpaired) electrons. The van der Waals surface area contributed by atoms with E-state index in [0.29, 0.717) is 0 Å². The van der Waals surface area contributed by atoms with Crippen molar-refractivity contribution in [3.8, 4) is 0 Å². The zero-order chi connectivity index (χ0) is 15.6. The first kappa shape index (κ1) is 18.8. The fourth-order valence-corrected chi connectivity index (χ4v) is 8.31. The van der Waals surface area contributed by atoms with E-state index in [-0.39, 0.29) is 10.7 Å². The number of rotatable bonds is 4. The molecule has 0 rings (SSSR count). The van der Waals surface area contributed by atoms with Crippen molar-refractivity contribution in [3.05, 3.63) is 0 Å². The summed E-state index contributed by atoms with van der Waals surface area (Å²) in [5.74, 6) is 0. The van der Waals surface area contributed by atoms with Gasteiger partial charge in [-0.3, -0.25) is 4.99 Å². The monoisotopic (exact) mass is 289 g/mol. The highest BCUT2D eigenvalue weighted by Crippen LogP contribution is 2.72. The molecule has 0 spiro atoms. The van der Waals surface area contributed by atoms with Crippen LogP contribution in [0, 0.1) is 0 Å². The summed E-state index contributed by atoms with van der Waals surface area (Å²) < 4.78 is 7.04. The maximum Gasteiger partial charge on any atom is 0.254 e. The maximum atomic E-state index is 4.68. The van der Waals surface area contributed by atoms with Crippen LogP contribution < -0.4 is 0 Å². The van der Waals surface area contributed by atoms with E-state index >= 15 is 0 Å². The summed E-state index contributed by atoms with van der Waals surface area (Å²) in [5.41, 5.74) is -0.0412. The number of nitrogens with zero attached hydrogens (tertiary/aromatic N) is 4. The van der Waals surface area contributed by atoms with Crippen molar-refractivity contribution >= 4 is 14.1 Å². The van der Waals surface area contributed by atoms with Crippen LogP contribution in [0.15, 0.2) is 4.99 Å². The van der Waals surface area contributed by atoms with Gasteiger partial charge in [0.25, 0.3) is 7.71 Å². The van der Waals surface area contributed by atoms with Gasteiger partial charge in [-0.25, -0.2) is 4.67 Å². The second-order valence-electron chi connectivity index (χ2n) is 7.42. The molecule has 0 heterocycles. The molecule has 4 nitrogen and oxygen atoms in total. The van der Waals surface area contributed by atoms with Gasteiger partial charge in [-0.15, -0.1) is 0 Å². The van der Waals surface area contributed by atoms with Gasteiger partial charge in [-0.05, 0) is 41.5 Å². The summed E-state index contributed by atoms with van der Waals surface area (Å²) in [6.07, 6.45) is 2.01. The lowest BCUT2D eigenvalue weighted by molar-refractivity contribution is 0.450. The zero-order valence-electron chi connectivity index (χ0n) is 14.8. The molecule has 0 atom stereocenters. The quantitative estimate of drug-likeness (QED) is 0.450. The molecule has 0 fully saturated rings. The minimum absolute atomic E-state index is 0.0412. The predicted molar refractivity (Wildman–Crippen MR) is 90.1 cm³/mol. The predicted octanol–water partition coefficient (Wildman–Crippen LogP) is 3.43. The van der Waals surface area contributed by atoms with Crippen LogP contribution in [0.3, 0.4) is 0 Å². The summed E-state index contributed by atoms with van der Waals surface area (Å²) in [6, 6.07) is 0. The molecule has 0 N–H and O–H groups in total. The van der Waals surface area contributed by atoms with Crippen LogP contribution in [0.5, 0.6) is 0 Å². The van der Waals surface area contributed by atoms with E-state index < -0.39 is 7.71 Å². The lowest BCUT2D eigenvalue weighted by Crippen LogP contribution is -2.47. The second-order valence-corrected chi connectivity index (χ2v) is 12.1. The van der Waals surface area contributed by atoms with Crippen molar-refractivity contribution in [2.75, 3.05) is 35.2 Å². The number of hydrogen-bond acceptors (Lipinski definition) is 3. The Morgan fingerprint density at radius 3 is 1.37 bits per heavy atom. The molecule has 0 aromatic carbocycles. The molecule has 0 saturated carbocycles. The highest BCUT2D eigenvalue weighted by molar-refractivity contribution is 7.70. The van der Waals surface area contributed by atoms with E-state index in [1.165, 1.54) is 0 Å². The molecule has 0 saturated heterocycles. The Morgan fingerprint density at radius 2 is 1.16 bits per heavy atom. The Balaban J connectivity index is 5.68. The summed E-state index contributed by atoms with van der Waals surface area (Å²) in [4.78, 5) is 4.68. The zero-order valence-corrected chi connectivity index (χ0v) is 15.7. The average molecular weight is 289 g/mol. The lowest BCUT2D eigenvalue weighted by Gasteiger charge is -2.48. The van der Waals surface area contributed by atoms with Crippen molar-refractivity contribution < 1.29 is 0 Å². The Bertz CT molecular complexity index is 302. The SMILES string of the molecule is CN(C)[P+](N(C)C)(N(C)C=NC(C)(C)C)C(C)(C)C. The molecule has 0 aromatic heterocycles. The minimum Gasteiger partial charge on any atom is -0.266 e. The molecule has 0 unspecified atom stereocenters. The van der Waals surface area contributed by atoms with Gasteiger partial charge in [-0.2, -0.15) is 9.34 Å². The van der Waals surface area contributed by atoms with Crippen LogP contribution in [0.1, 0.15) is 41.5 Å². The first-order chi connectivity index (χ1) is 8.26. The summed E-state index contributed by atoms with van der Waals surface area (Å²) in [6.45, 7) is 13.3. The van der Waals surface area contributed by atoms with Crippen molar-refractivity contribution in [2.45, 2.75) is 52.2 Å². The highest BCUT2D eigenvalue weighted by Gasteiger charge is 2.58. The minimum atomic E-state index is -1.65. The second kappa shape index (κ2) is 6.07. The van der Waals surface area contributed by atoms with Gasteiger partial charge >= 0.3 is 0 Å². The van der Waals surface area contributed by atoms with Crippen molar-refractivity contribution in [1.82, 2.24) is 14.0 Å². The molecule has 0 aliphatic heterocycles. The van der Waals surface area contributed by atoms with Gasteiger partial charge in [0, 0.05) is 35.2 Å². The normalized spacial score (nSPS) is 14.8. The summed E-state index contributed by atoms with van der Waals surface area (Å²) >= 11 is 0. The van der Waals surface area contributed by atoms with Crippen LogP contribution in [-0.2, 0) is 0 Å². The first-order valence-electron chi connectivity index (χ1n) is 6.80. The smallest absolute Gasteiger partial charge is 0.254 e. The van der Waals surface area contributed by atoms with Gasteiger partial charge in [-0.1, -0.05) is 0 Å². The first-order valence-corrected chi connectivity index (χ1v) is 8.45. The molecule has 19 heavy (non-hydrogen) atoms.